The van der Waals surface area contributed by atoms with E-state index in [1.54, 1.807) is 19.2 Å². The van der Waals surface area contributed by atoms with Crippen LogP contribution in [0.4, 0.5) is 0 Å². The van der Waals surface area contributed by atoms with Crippen molar-refractivity contribution in [3.63, 3.8) is 0 Å². The maximum atomic E-state index is 11.2. The minimum Gasteiger partial charge on any atom is -0.497 e. The molecule has 0 aliphatic heterocycles. The molecular weight excluding hydrogens is 326 g/mol. The van der Waals surface area contributed by atoms with E-state index in [2.05, 4.69) is 23.5 Å². The van der Waals surface area contributed by atoms with Crippen LogP contribution in [0.15, 0.2) is 60.8 Å². The number of benzene rings is 2. The second-order valence-electron chi connectivity index (χ2n) is 5.45. The molecule has 2 aromatic carbocycles. The Kier molecular flexibility index (Phi) is 4.80. The molecule has 0 saturated carbocycles. The lowest BCUT2D eigenvalue weighted by Gasteiger charge is -2.07. The second kappa shape index (κ2) is 7.35. The predicted octanol–water partition coefficient (Wildman–Crippen LogP) is 4.17. The summed E-state index contributed by atoms with van der Waals surface area (Å²) in [7, 11) is 1.61. The average Bonchev–Trinajstić information content (AvgIpc) is 3.11. The number of nitriles is 1. The summed E-state index contributed by atoms with van der Waals surface area (Å²) in [6.07, 6.45) is 2.19. The number of aldehydes is 1. The highest BCUT2D eigenvalue weighted by Crippen LogP contribution is 2.29. The fourth-order valence-corrected chi connectivity index (χ4v) is 2.65. The summed E-state index contributed by atoms with van der Waals surface area (Å²) in [6.45, 7) is 3.49. The Morgan fingerprint density at radius 1 is 1.15 bits per heavy atom. The summed E-state index contributed by atoms with van der Waals surface area (Å²) in [5.74, 6) is 0.756. The van der Waals surface area contributed by atoms with Gasteiger partial charge in [-0.25, -0.2) is 4.68 Å². The molecule has 0 unspecified atom stereocenters. The fraction of sp³-hybridized carbons (Fsp3) is 0.0476. The normalized spacial score (nSPS) is 9.85. The van der Waals surface area contributed by atoms with Crippen molar-refractivity contribution in [1.29, 1.82) is 5.26 Å². The van der Waals surface area contributed by atoms with E-state index in [1.165, 1.54) is 10.9 Å². The van der Waals surface area contributed by atoms with E-state index in [0.29, 0.717) is 23.2 Å². The third kappa shape index (κ3) is 3.18. The minimum absolute atomic E-state index is 0.383. The van der Waals surface area contributed by atoms with Gasteiger partial charge >= 0.3 is 0 Å². The molecule has 0 saturated heterocycles. The van der Waals surface area contributed by atoms with Gasteiger partial charge in [0.05, 0.1) is 30.6 Å². The molecule has 0 bridgehead atoms. The maximum Gasteiger partial charge on any atom is 0.168 e. The SMILES string of the molecule is C=C=Cn1nc(-c2ccc(-c3ccc(OC)cc3)c(C#N)c2)cc1C=O. The first-order valence-electron chi connectivity index (χ1n) is 7.79. The number of carbonyl (C=O) groups excluding carboxylic acids is 1. The van der Waals surface area contributed by atoms with Crippen LogP contribution in [0.3, 0.4) is 0 Å². The molecule has 5 heteroatoms. The summed E-state index contributed by atoms with van der Waals surface area (Å²) in [6, 6.07) is 16.9. The summed E-state index contributed by atoms with van der Waals surface area (Å²) < 4.78 is 6.57. The number of rotatable bonds is 5. The Balaban J connectivity index is 2.05. The van der Waals surface area contributed by atoms with Crippen molar-refractivity contribution in [2.45, 2.75) is 0 Å². The molecule has 0 amide bonds. The van der Waals surface area contributed by atoms with Crippen molar-refractivity contribution in [3.8, 4) is 34.2 Å². The zero-order valence-electron chi connectivity index (χ0n) is 14.1. The van der Waals surface area contributed by atoms with Crippen LogP contribution in [0.2, 0.25) is 0 Å². The topological polar surface area (TPSA) is 67.9 Å². The first kappa shape index (κ1) is 17.0. The van der Waals surface area contributed by atoms with Crippen molar-refractivity contribution in [1.82, 2.24) is 9.78 Å². The van der Waals surface area contributed by atoms with Crippen molar-refractivity contribution in [2.75, 3.05) is 7.11 Å². The van der Waals surface area contributed by atoms with Gasteiger partial charge in [0.25, 0.3) is 0 Å². The van der Waals surface area contributed by atoms with Crippen LogP contribution in [-0.4, -0.2) is 23.2 Å². The lowest BCUT2D eigenvalue weighted by Crippen LogP contribution is -1.94. The highest BCUT2D eigenvalue weighted by atomic mass is 16.5. The molecule has 126 valence electrons. The number of nitrogens with zero attached hydrogens (tertiary/aromatic N) is 3. The molecule has 3 rings (SSSR count). The molecule has 26 heavy (non-hydrogen) atoms. The maximum absolute atomic E-state index is 11.2. The van der Waals surface area contributed by atoms with E-state index < -0.39 is 0 Å². The minimum atomic E-state index is 0.383. The van der Waals surface area contributed by atoms with Crippen LogP contribution in [0, 0.1) is 11.3 Å². The van der Waals surface area contributed by atoms with Crippen LogP contribution in [-0.2, 0) is 0 Å². The lowest BCUT2D eigenvalue weighted by molar-refractivity contribution is 0.111. The number of ether oxygens (including phenoxy) is 1. The van der Waals surface area contributed by atoms with E-state index in [-0.39, 0.29) is 0 Å². The van der Waals surface area contributed by atoms with Gasteiger partial charge in [0.15, 0.2) is 6.29 Å². The molecule has 0 spiro atoms. The van der Waals surface area contributed by atoms with Crippen molar-refractivity contribution < 1.29 is 9.53 Å². The second-order valence-corrected chi connectivity index (χ2v) is 5.45. The summed E-state index contributed by atoms with van der Waals surface area (Å²) in [4.78, 5) is 11.2. The third-order valence-electron chi connectivity index (χ3n) is 3.94. The van der Waals surface area contributed by atoms with Crippen LogP contribution in [0.25, 0.3) is 28.6 Å². The molecule has 0 atom stereocenters. The number of hydrogen-bond acceptors (Lipinski definition) is 4. The molecule has 0 aliphatic carbocycles. The zero-order valence-corrected chi connectivity index (χ0v) is 14.1. The van der Waals surface area contributed by atoms with E-state index >= 15 is 0 Å². The number of carbonyl (C=O) groups is 1. The smallest absolute Gasteiger partial charge is 0.168 e. The predicted molar refractivity (Wildman–Crippen MR) is 99.7 cm³/mol. The van der Waals surface area contributed by atoms with Crippen LogP contribution >= 0.6 is 0 Å². The largest absolute Gasteiger partial charge is 0.497 e. The van der Waals surface area contributed by atoms with Gasteiger partial charge in [-0.3, -0.25) is 4.79 Å². The average molecular weight is 341 g/mol. The molecule has 5 nitrogen and oxygen atoms in total. The van der Waals surface area contributed by atoms with Gasteiger partial charge in [-0.2, -0.15) is 10.4 Å². The van der Waals surface area contributed by atoms with Crippen LogP contribution in [0.5, 0.6) is 5.75 Å². The molecule has 3 aromatic rings. The van der Waals surface area contributed by atoms with Crippen molar-refractivity contribution in [2.24, 2.45) is 0 Å². The first-order chi connectivity index (χ1) is 12.7. The molecule has 0 fully saturated rings. The molecular formula is C21H15N3O2. The fourth-order valence-electron chi connectivity index (χ4n) is 2.65. The van der Waals surface area contributed by atoms with Crippen molar-refractivity contribution >= 4 is 12.5 Å². The van der Waals surface area contributed by atoms with E-state index in [1.807, 2.05) is 36.4 Å². The van der Waals surface area contributed by atoms with E-state index in [9.17, 15) is 10.1 Å². The molecule has 0 N–H and O–H groups in total. The molecule has 1 heterocycles. The van der Waals surface area contributed by atoms with Crippen LogP contribution < -0.4 is 4.74 Å². The highest BCUT2D eigenvalue weighted by Gasteiger charge is 2.11. The Bertz CT molecular complexity index is 1050. The Morgan fingerprint density at radius 3 is 2.50 bits per heavy atom. The lowest BCUT2D eigenvalue weighted by atomic mass is 9.97. The van der Waals surface area contributed by atoms with E-state index in [0.717, 1.165) is 22.4 Å². The highest BCUT2D eigenvalue weighted by molar-refractivity contribution is 5.79. The molecule has 0 aliphatic rings. The number of hydrogen-bond donors (Lipinski definition) is 0. The Labute approximate surface area is 151 Å². The summed E-state index contributed by atoms with van der Waals surface area (Å²) in [5, 5.41) is 13.9. The van der Waals surface area contributed by atoms with Gasteiger partial charge in [-0.15, -0.1) is 5.73 Å². The Morgan fingerprint density at radius 2 is 1.88 bits per heavy atom. The van der Waals surface area contributed by atoms with Crippen LogP contribution in [0.1, 0.15) is 16.1 Å². The number of methoxy groups -OCH3 is 1. The third-order valence-corrected chi connectivity index (χ3v) is 3.94. The van der Waals surface area contributed by atoms with Gasteiger partial charge < -0.3 is 4.74 Å². The zero-order chi connectivity index (χ0) is 18.5. The summed E-state index contributed by atoms with van der Waals surface area (Å²) >= 11 is 0. The quantitative estimate of drug-likeness (QED) is 0.516. The van der Waals surface area contributed by atoms with E-state index in [4.69, 9.17) is 4.74 Å². The standard InChI is InChI=1S/C21H15N3O2/c1-3-10-24-18(14-25)12-21(23-24)16-6-9-20(17(11-16)13-22)15-4-7-19(26-2)8-5-15/h4-12,14H,1H2,2H3. The Hall–Kier alpha value is -3.87. The number of aromatic nitrogens is 2. The monoisotopic (exact) mass is 341 g/mol. The first-order valence-corrected chi connectivity index (χ1v) is 7.79. The molecule has 0 radical (unpaired) electrons. The molecule has 1 aromatic heterocycles. The van der Waals surface area contributed by atoms with Gasteiger partial charge in [-0.05, 0) is 35.4 Å². The van der Waals surface area contributed by atoms with Gasteiger partial charge in [0.2, 0.25) is 0 Å². The van der Waals surface area contributed by atoms with Gasteiger partial charge in [0, 0.05) is 5.56 Å². The summed E-state index contributed by atoms with van der Waals surface area (Å²) in [5.41, 5.74) is 6.58. The van der Waals surface area contributed by atoms with Gasteiger partial charge in [-0.1, -0.05) is 30.8 Å². The van der Waals surface area contributed by atoms with Crippen molar-refractivity contribution in [3.05, 3.63) is 72.1 Å². The van der Waals surface area contributed by atoms with Gasteiger partial charge in [0.1, 0.15) is 11.4 Å².